The summed E-state index contributed by atoms with van der Waals surface area (Å²) in [5, 5.41) is 7.27. The maximum absolute atomic E-state index is 12.9. The van der Waals surface area contributed by atoms with Gasteiger partial charge in [0.1, 0.15) is 17.3 Å². The predicted molar refractivity (Wildman–Crippen MR) is 120 cm³/mol. The number of carbonyl (C=O) groups excluding carboxylic acids is 1. The summed E-state index contributed by atoms with van der Waals surface area (Å²) in [6.45, 7) is 5.94. The minimum Gasteiger partial charge on any atom is -0.340 e. The topological polar surface area (TPSA) is 79.8 Å². The van der Waals surface area contributed by atoms with Crippen molar-refractivity contribution in [3.05, 3.63) is 83.4 Å². The molecule has 0 fully saturated rings. The summed E-state index contributed by atoms with van der Waals surface area (Å²) < 4.78 is 0. The molecule has 150 valence electrons. The molecule has 30 heavy (non-hydrogen) atoms. The highest BCUT2D eigenvalue weighted by atomic mass is 16.1. The van der Waals surface area contributed by atoms with Crippen LogP contribution in [0.1, 0.15) is 34.4 Å². The van der Waals surface area contributed by atoms with Crippen LogP contribution in [0.3, 0.4) is 0 Å². The zero-order valence-electron chi connectivity index (χ0n) is 17.2. The third-order valence-corrected chi connectivity index (χ3v) is 4.94. The normalized spacial score (nSPS) is 10.8. The van der Waals surface area contributed by atoms with E-state index in [2.05, 4.69) is 51.6 Å². The lowest BCUT2D eigenvalue weighted by molar-refractivity contribution is 0.102. The number of aryl methyl sites for hydroxylation is 3. The maximum Gasteiger partial charge on any atom is 0.274 e. The molecule has 1 amide bonds. The molecular formula is C24H23N5O. The van der Waals surface area contributed by atoms with E-state index in [1.54, 1.807) is 19.2 Å². The highest BCUT2D eigenvalue weighted by Gasteiger charge is 2.14. The van der Waals surface area contributed by atoms with Gasteiger partial charge in [0.05, 0.1) is 11.2 Å². The molecule has 6 heteroatoms. The van der Waals surface area contributed by atoms with Gasteiger partial charge in [0, 0.05) is 23.3 Å². The van der Waals surface area contributed by atoms with Crippen LogP contribution >= 0.6 is 0 Å². The lowest BCUT2D eigenvalue weighted by Crippen LogP contribution is -2.16. The molecule has 0 spiro atoms. The van der Waals surface area contributed by atoms with Crippen LogP contribution < -0.4 is 10.6 Å². The smallest absolute Gasteiger partial charge is 0.274 e. The van der Waals surface area contributed by atoms with E-state index in [0.29, 0.717) is 23.0 Å². The van der Waals surface area contributed by atoms with E-state index in [1.807, 2.05) is 36.4 Å². The van der Waals surface area contributed by atoms with Crippen molar-refractivity contribution in [3.8, 4) is 0 Å². The minimum absolute atomic E-state index is 0.296. The van der Waals surface area contributed by atoms with Crippen LogP contribution in [0.25, 0.3) is 10.9 Å². The molecular weight excluding hydrogens is 374 g/mol. The number of hydrogen-bond acceptors (Lipinski definition) is 5. The monoisotopic (exact) mass is 397 g/mol. The van der Waals surface area contributed by atoms with Gasteiger partial charge in [0.2, 0.25) is 0 Å². The van der Waals surface area contributed by atoms with Gasteiger partial charge in [-0.15, -0.1) is 0 Å². The van der Waals surface area contributed by atoms with E-state index < -0.39 is 0 Å². The summed E-state index contributed by atoms with van der Waals surface area (Å²) in [5.74, 6) is 0.808. The number of para-hydroxylation sites is 2. The SMILES string of the molecule is CCc1cccc(C)c1Nc1cc(C(=O)Nc2cccc3cccnc23)nc(C)n1. The van der Waals surface area contributed by atoms with Gasteiger partial charge in [0.15, 0.2) is 0 Å². The molecule has 0 bridgehead atoms. The summed E-state index contributed by atoms with van der Waals surface area (Å²) in [6, 6.07) is 17.4. The van der Waals surface area contributed by atoms with Gasteiger partial charge in [0.25, 0.3) is 5.91 Å². The number of aromatic nitrogens is 3. The molecule has 2 heterocycles. The first-order valence-electron chi connectivity index (χ1n) is 9.91. The fourth-order valence-corrected chi connectivity index (χ4v) is 3.47. The zero-order valence-corrected chi connectivity index (χ0v) is 17.2. The van der Waals surface area contributed by atoms with Crippen LogP contribution in [-0.4, -0.2) is 20.9 Å². The first-order valence-corrected chi connectivity index (χ1v) is 9.91. The fraction of sp³-hybridized carbons (Fsp3) is 0.167. The maximum atomic E-state index is 12.9. The van der Waals surface area contributed by atoms with E-state index in [0.717, 1.165) is 28.6 Å². The van der Waals surface area contributed by atoms with Crippen LogP contribution in [0.5, 0.6) is 0 Å². The van der Waals surface area contributed by atoms with Crippen molar-refractivity contribution in [2.75, 3.05) is 10.6 Å². The van der Waals surface area contributed by atoms with Gasteiger partial charge in [-0.3, -0.25) is 9.78 Å². The molecule has 4 rings (SSSR count). The first kappa shape index (κ1) is 19.5. The summed E-state index contributed by atoms with van der Waals surface area (Å²) in [7, 11) is 0. The fourth-order valence-electron chi connectivity index (χ4n) is 3.47. The Morgan fingerprint density at radius 2 is 1.80 bits per heavy atom. The Hall–Kier alpha value is -3.80. The molecule has 0 unspecified atom stereocenters. The predicted octanol–water partition coefficient (Wildman–Crippen LogP) is 5.20. The number of carbonyl (C=O) groups is 1. The molecule has 2 aromatic heterocycles. The third kappa shape index (κ3) is 3.98. The van der Waals surface area contributed by atoms with Crippen LogP contribution in [0.15, 0.2) is 60.8 Å². The van der Waals surface area contributed by atoms with Crippen LogP contribution in [0.4, 0.5) is 17.2 Å². The highest BCUT2D eigenvalue weighted by Crippen LogP contribution is 2.25. The van der Waals surface area contributed by atoms with Gasteiger partial charge >= 0.3 is 0 Å². The number of nitrogens with one attached hydrogen (secondary N) is 2. The minimum atomic E-state index is -0.304. The molecule has 0 saturated carbocycles. The number of nitrogens with zero attached hydrogens (tertiary/aromatic N) is 3. The average molecular weight is 397 g/mol. The van der Waals surface area contributed by atoms with Crippen molar-refractivity contribution in [3.63, 3.8) is 0 Å². The Morgan fingerprint density at radius 1 is 1.00 bits per heavy atom. The van der Waals surface area contributed by atoms with Gasteiger partial charge < -0.3 is 10.6 Å². The molecule has 0 aliphatic rings. The third-order valence-electron chi connectivity index (χ3n) is 4.94. The van der Waals surface area contributed by atoms with Gasteiger partial charge in [-0.1, -0.05) is 43.3 Å². The van der Waals surface area contributed by atoms with Crippen LogP contribution in [0.2, 0.25) is 0 Å². The lowest BCUT2D eigenvalue weighted by atomic mass is 10.1. The van der Waals surface area contributed by atoms with Gasteiger partial charge in [-0.25, -0.2) is 9.97 Å². The Balaban J connectivity index is 1.64. The van der Waals surface area contributed by atoms with E-state index in [4.69, 9.17) is 0 Å². The van der Waals surface area contributed by atoms with Gasteiger partial charge in [-0.2, -0.15) is 0 Å². The quantitative estimate of drug-likeness (QED) is 0.484. The Bertz CT molecular complexity index is 1230. The van der Waals surface area contributed by atoms with Crippen molar-refractivity contribution in [2.45, 2.75) is 27.2 Å². The Morgan fingerprint density at radius 3 is 2.63 bits per heavy atom. The standard InChI is InChI=1S/C24H23N5O/c1-4-17-9-5-8-15(2)22(17)29-21-14-20(26-16(3)27-21)24(30)28-19-12-6-10-18-11-7-13-25-23(18)19/h5-14H,4H2,1-3H3,(H,28,30)(H,26,27,29). The first-order chi connectivity index (χ1) is 14.5. The molecule has 0 aliphatic carbocycles. The van der Waals surface area contributed by atoms with E-state index in [9.17, 15) is 4.79 Å². The number of pyridine rings is 1. The molecule has 6 nitrogen and oxygen atoms in total. The number of rotatable bonds is 5. The molecule has 4 aromatic rings. The van der Waals surface area contributed by atoms with Crippen molar-refractivity contribution in [2.24, 2.45) is 0 Å². The van der Waals surface area contributed by atoms with Crippen LogP contribution in [0, 0.1) is 13.8 Å². The van der Waals surface area contributed by atoms with Crippen molar-refractivity contribution in [1.82, 2.24) is 15.0 Å². The van der Waals surface area contributed by atoms with Crippen molar-refractivity contribution >= 4 is 34.0 Å². The number of hydrogen-bond donors (Lipinski definition) is 2. The van der Waals surface area contributed by atoms with E-state index in [-0.39, 0.29) is 5.91 Å². The summed E-state index contributed by atoms with van der Waals surface area (Å²) >= 11 is 0. The summed E-state index contributed by atoms with van der Waals surface area (Å²) in [5.41, 5.74) is 5.02. The number of benzene rings is 2. The van der Waals surface area contributed by atoms with Gasteiger partial charge in [-0.05, 0) is 43.5 Å². The molecule has 2 N–H and O–H groups in total. The largest absolute Gasteiger partial charge is 0.340 e. The van der Waals surface area contributed by atoms with Crippen molar-refractivity contribution < 1.29 is 4.79 Å². The molecule has 2 aromatic carbocycles. The molecule has 0 aliphatic heterocycles. The molecule has 0 atom stereocenters. The molecule has 0 saturated heterocycles. The summed E-state index contributed by atoms with van der Waals surface area (Å²) in [6.07, 6.45) is 2.61. The van der Waals surface area contributed by atoms with Crippen LogP contribution in [-0.2, 0) is 6.42 Å². The lowest BCUT2D eigenvalue weighted by Gasteiger charge is -2.14. The zero-order chi connectivity index (χ0) is 21.1. The average Bonchev–Trinajstić information content (AvgIpc) is 2.75. The Labute approximate surface area is 175 Å². The number of amides is 1. The van der Waals surface area contributed by atoms with E-state index >= 15 is 0 Å². The summed E-state index contributed by atoms with van der Waals surface area (Å²) in [4.78, 5) is 26.1. The number of anilines is 3. The second kappa shape index (κ2) is 8.29. The van der Waals surface area contributed by atoms with Crippen molar-refractivity contribution in [1.29, 1.82) is 0 Å². The second-order valence-corrected chi connectivity index (χ2v) is 7.11. The molecule has 0 radical (unpaired) electrons. The highest BCUT2D eigenvalue weighted by molar-refractivity contribution is 6.07. The Kier molecular flexibility index (Phi) is 5.39. The van der Waals surface area contributed by atoms with E-state index in [1.165, 1.54) is 5.56 Å². The number of fused-ring (bicyclic) bond motifs is 1. The second-order valence-electron chi connectivity index (χ2n) is 7.11.